The summed E-state index contributed by atoms with van der Waals surface area (Å²) in [6.45, 7) is 5.79. The number of nitrogens with one attached hydrogen (secondary N) is 1. The van der Waals surface area contributed by atoms with Crippen LogP contribution in [-0.2, 0) is 9.53 Å². The van der Waals surface area contributed by atoms with E-state index in [1.54, 1.807) is 4.90 Å². The predicted molar refractivity (Wildman–Crippen MR) is 101 cm³/mol. The lowest BCUT2D eigenvalue weighted by Gasteiger charge is -2.31. The van der Waals surface area contributed by atoms with Crippen LogP contribution in [-0.4, -0.2) is 73.1 Å². The summed E-state index contributed by atoms with van der Waals surface area (Å²) in [7, 11) is 0. The molecule has 2 aliphatic rings. The molecule has 2 saturated heterocycles. The van der Waals surface area contributed by atoms with E-state index in [2.05, 4.69) is 10.3 Å². The van der Waals surface area contributed by atoms with Crippen LogP contribution in [0.1, 0.15) is 51.9 Å². The first-order valence-corrected chi connectivity index (χ1v) is 9.86. The van der Waals surface area contributed by atoms with Gasteiger partial charge in [0, 0.05) is 45.2 Å². The molecule has 8 heteroatoms. The fourth-order valence-corrected chi connectivity index (χ4v) is 3.41. The Balaban J connectivity index is 1.62. The maximum Gasteiger partial charge on any atom is 0.409 e. The van der Waals surface area contributed by atoms with Gasteiger partial charge in [-0.3, -0.25) is 9.79 Å². The van der Waals surface area contributed by atoms with Crippen LogP contribution in [0.5, 0.6) is 0 Å². The molecule has 0 saturated carbocycles. The Labute approximate surface area is 156 Å². The number of hydrogen-bond acceptors (Lipinski definition) is 4. The third-order valence-corrected chi connectivity index (χ3v) is 4.91. The highest BCUT2D eigenvalue weighted by Crippen LogP contribution is 2.12. The number of likely N-dealkylation sites (tertiary alicyclic amines) is 2. The molecule has 0 aromatic heterocycles. The average molecular weight is 367 g/mol. The number of piperidine rings is 1. The summed E-state index contributed by atoms with van der Waals surface area (Å²) in [4.78, 5) is 31.7. The van der Waals surface area contributed by atoms with Crippen molar-refractivity contribution < 1.29 is 14.3 Å². The molecule has 0 atom stereocenters. The van der Waals surface area contributed by atoms with E-state index in [1.165, 1.54) is 0 Å². The summed E-state index contributed by atoms with van der Waals surface area (Å²) >= 11 is 0. The fourth-order valence-electron chi connectivity index (χ4n) is 3.41. The summed E-state index contributed by atoms with van der Waals surface area (Å²) in [5.74, 6) is 0.715. The molecular formula is C18H33N5O3. The van der Waals surface area contributed by atoms with Gasteiger partial charge >= 0.3 is 6.09 Å². The molecule has 8 nitrogen and oxygen atoms in total. The van der Waals surface area contributed by atoms with Crippen molar-refractivity contribution in [2.75, 3.05) is 39.3 Å². The van der Waals surface area contributed by atoms with Crippen LogP contribution in [0.15, 0.2) is 4.99 Å². The first kappa shape index (κ1) is 20.3. The lowest BCUT2D eigenvalue weighted by Crippen LogP contribution is -2.48. The van der Waals surface area contributed by atoms with Crippen molar-refractivity contribution in [2.45, 2.75) is 57.9 Å². The van der Waals surface area contributed by atoms with Crippen LogP contribution < -0.4 is 11.1 Å². The standard InChI is InChI=1S/C18H33N5O3/c1-2-26-18(25)23-13-8-15(9-14-23)21-17(19)20-10-6-12-22-11-5-3-4-7-16(22)24/h15H,2-14H2,1H3,(H3,19,20,21). The van der Waals surface area contributed by atoms with E-state index in [1.807, 2.05) is 11.8 Å². The number of hydrogen-bond donors (Lipinski definition) is 2. The number of aliphatic imine (C=N–C) groups is 1. The minimum Gasteiger partial charge on any atom is -0.450 e. The maximum absolute atomic E-state index is 11.9. The van der Waals surface area contributed by atoms with Gasteiger partial charge in [0.1, 0.15) is 0 Å². The Kier molecular flexibility index (Phi) is 8.50. The van der Waals surface area contributed by atoms with Crippen LogP contribution in [0.25, 0.3) is 0 Å². The molecule has 2 rings (SSSR count). The molecule has 2 heterocycles. The summed E-state index contributed by atoms with van der Waals surface area (Å²) in [5.41, 5.74) is 5.97. The van der Waals surface area contributed by atoms with Crippen LogP contribution in [0.4, 0.5) is 4.79 Å². The van der Waals surface area contributed by atoms with Gasteiger partial charge in [-0.05, 0) is 39.0 Å². The number of rotatable bonds is 6. The van der Waals surface area contributed by atoms with E-state index in [4.69, 9.17) is 10.5 Å². The second-order valence-electron chi connectivity index (χ2n) is 6.92. The molecule has 0 aromatic rings. The molecule has 0 spiro atoms. The lowest BCUT2D eigenvalue weighted by molar-refractivity contribution is -0.130. The summed E-state index contributed by atoms with van der Waals surface area (Å²) in [5, 5.41) is 3.24. The van der Waals surface area contributed by atoms with Gasteiger partial charge in [-0.1, -0.05) is 6.42 Å². The molecule has 2 aliphatic heterocycles. The number of nitrogens with zero attached hydrogens (tertiary/aromatic N) is 3. The van der Waals surface area contributed by atoms with Crippen molar-refractivity contribution >= 4 is 18.0 Å². The van der Waals surface area contributed by atoms with E-state index >= 15 is 0 Å². The van der Waals surface area contributed by atoms with E-state index < -0.39 is 0 Å². The Morgan fingerprint density at radius 1 is 1.27 bits per heavy atom. The minimum absolute atomic E-state index is 0.233. The first-order valence-electron chi connectivity index (χ1n) is 9.86. The Morgan fingerprint density at radius 3 is 2.77 bits per heavy atom. The van der Waals surface area contributed by atoms with E-state index in [9.17, 15) is 9.59 Å². The van der Waals surface area contributed by atoms with Gasteiger partial charge < -0.3 is 25.6 Å². The Bertz CT molecular complexity index is 489. The van der Waals surface area contributed by atoms with Crippen LogP contribution in [0.2, 0.25) is 0 Å². The summed E-state index contributed by atoms with van der Waals surface area (Å²) in [6, 6.07) is 0.233. The van der Waals surface area contributed by atoms with Crippen LogP contribution >= 0.6 is 0 Å². The lowest BCUT2D eigenvalue weighted by atomic mass is 10.1. The Hall–Kier alpha value is -1.99. The average Bonchev–Trinajstić information content (AvgIpc) is 2.84. The fraction of sp³-hybridized carbons (Fsp3) is 0.833. The second kappa shape index (κ2) is 10.9. The van der Waals surface area contributed by atoms with Crippen molar-refractivity contribution in [3.8, 4) is 0 Å². The van der Waals surface area contributed by atoms with Gasteiger partial charge in [0.15, 0.2) is 5.96 Å². The van der Waals surface area contributed by atoms with Crippen LogP contribution in [0.3, 0.4) is 0 Å². The zero-order valence-electron chi connectivity index (χ0n) is 15.9. The van der Waals surface area contributed by atoms with E-state index in [-0.39, 0.29) is 18.0 Å². The van der Waals surface area contributed by atoms with Crippen molar-refractivity contribution in [3.05, 3.63) is 0 Å². The Morgan fingerprint density at radius 2 is 2.04 bits per heavy atom. The number of amides is 2. The molecule has 2 fully saturated rings. The molecule has 0 radical (unpaired) electrons. The smallest absolute Gasteiger partial charge is 0.409 e. The number of ether oxygens (including phenoxy) is 1. The molecule has 26 heavy (non-hydrogen) atoms. The van der Waals surface area contributed by atoms with Crippen LogP contribution in [0, 0.1) is 0 Å². The van der Waals surface area contributed by atoms with Crippen molar-refractivity contribution in [1.82, 2.24) is 15.1 Å². The van der Waals surface area contributed by atoms with Gasteiger partial charge in [0.25, 0.3) is 0 Å². The molecular weight excluding hydrogens is 334 g/mol. The number of nitrogens with two attached hydrogens (primary N) is 1. The van der Waals surface area contributed by atoms with Gasteiger partial charge in [-0.2, -0.15) is 0 Å². The van der Waals surface area contributed by atoms with Gasteiger partial charge in [-0.25, -0.2) is 4.79 Å². The van der Waals surface area contributed by atoms with Gasteiger partial charge in [-0.15, -0.1) is 0 Å². The molecule has 0 unspecified atom stereocenters. The minimum atomic E-state index is -0.240. The van der Waals surface area contributed by atoms with Crippen molar-refractivity contribution in [2.24, 2.45) is 10.7 Å². The predicted octanol–water partition coefficient (Wildman–Crippen LogP) is 1.30. The third-order valence-electron chi connectivity index (χ3n) is 4.91. The van der Waals surface area contributed by atoms with Gasteiger partial charge in [0.2, 0.25) is 5.91 Å². The first-order chi connectivity index (χ1) is 12.6. The summed E-state index contributed by atoms with van der Waals surface area (Å²) in [6.07, 6.45) is 6.19. The molecule has 0 bridgehead atoms. The highest BCUT2D eigenvalue weighted by Gasteiger charge is 2.23. The number of carbonyl (C=O) groups excluding carboxylic acids is 2. The van der Waals surface area contributed by atoms with Crippen molar-refractivity contribution in [3.63, 3.8) is 0 Å². The normalized spacial score (nSPS) is 20.0. The zero-order valence-corrected chi connectivity index (χ0v) is 15.9. The monoisotopic (exact) mass is 367 g/mol. The highest BCUT2D eigenvalue weighted by molar-refractivity contribution is 5.78. The number of carbonyl (C=O) groups is 2. The molecule has 2 amide bonds. The number of guanidine groups is 1. The van der Waals surface area contributed by atoms with E-state index in [0.29, 0.717) is 38.6 Å². The highest BCUT2D eigenvalue weighted by atomic mass is 16.6. The molecule has 0 aromatic carbocycles. The summed E-state index contributed by atoms with van der Waals surface area (Å²) < 4.78 is 5.02. The van der Waals surface area contributed by atoms with E-state index in [0.717, 1.165) is 51.6 Å². The molecule has 148 valence electrons. The molecule has 0 aliphatic carbocycles. The quantitative estimate of drug-likeness (QED) is 0.419. The van der Waals surface area contributed by atoms with Gasteiger partial charge in [0.05, 0.1) is 6.61 Å². The molecule has 3 N–H and O–H groups in total. The topological polar surface area (TPSA) is 100 Å². The maximum atomic E-state index is 11.9. The SMILES string of the molecule is CCOC(=O)N1CCC(NC(N)=NCCCN2CCCCCC2=O)CC1. The third kappa shape index (κ3) is 6.72. The van der Waals surface area contributed by atoms with Crippen molar-refractivity contribution in [1.29, 1.82) is 0 Å². The second-order valence-corrected chi connectivity index (χ2v) is 6.92. The largest absolute Gasteiger partial charge is 0.450 e. The zero-order chi connectivity index (χ0) is 18.8.